The van der Waals surface area contributed by atoms with Crippen LogP contribution in [0, 0.1) is 6.92 Å². The van der Waals surface area contributed by atoms with Gasteiger partial charge in [-0.05, 0) is 42.8 Å². The zero-order valence-corrected chi connectivity index (χ0v) is 17.1. The minimum absolute atomic E-state index is 0.189. The average Bonchev–Trinajstić information content (AvgIpc) is 2.69. The molecule has 0 saturated carbocycles. The van der Waals surface area contributed by atoms with Gasteiger partial charge in [-0.25, -0.2) is 8.42 Å². The summed E-state index contributed by atoms with van der Waals surface area (Å²) in [6.45, 7) is 5.17. The molecule has 2 aromatic rings. The van der Waals surface area contributed by atoms with Crippen molar-refractivity contribution in [3.05, 3.63) is 48.0 Å². The number of ether oxygens (including phenoxy) is 1. The van der Waals surface area contributed by atoms with Gasteiger partial charge < -0.3 is 15.0 Å². The molecule has 0 atom stereocenters. The number of carbonyl (C=O) groups is 1. The highest BCUT2D eigenvalue weighted by atomic mass is 32.2. The fourth-order valence-corrected chi connectivity index (χ4v) is 4.84. The zero-order chi connectivity index (χ0) is 20.3. The Morgan fingerprint density at radius 3 is 2.36 bits per heavy atom. The first-order valence-corrected chi connectivity index (χ1v) is 10.5. The molecule has 8 heteroatoms. The first kappa shape index (κ1) is 20.2. The Kier molecular flexibility index (Phi) is 5.90. The van der Waals surface area contributed by atoms with E-state index in [0.29, 0.717) is 37.4 Å². The summed E-state index contributed by atoms with van der Waals surface area (Å²) in [5, 5.41) is 2.70. The summed E-state index contributed by atoms with van der Waals surface area (Å²) >= 11 is 0. The first-order valence-electron chi connectivity index (χ1n) is 9.09. The summed E-state index contributed by atoms with van der Waals surface area (Å²) in [7, 11) is -1.96. The van der Waals surface area contributed by atoms with Gasteiger partial charge >= 0.3 is 0 Å². The van der Waals surface area contributed by atoms with Gasteiger partial charge in [0.15, 0.2) is 0 Å². The molecule has 0 unspecified atom stereocenters. The summed E-state index contributed by atoms with van der Waals surface area (Å²) < 4.78 is 33.0. The fraction of sp³-hybridized carbons (Fsp3) is 0.350. The van der Waals surface area contributed by atoms with E-state index in [1.807, 2.05) is 24.3 Å². The van der Waals surface area contributed by atoms with Crippen molar-refractivity contribution in [3.63, 3.8) is 0 Å². The molecule has 1 N–H and O–H groups in total. The highest BCUT2D eigenvalue weighted by Crippen LogP contribution is 2.29. The molecule has 2 aromatic carbocycles. The Hall–Kier alpha value is -2.58. The molecule has 1 aliphatic heterocycles. The molecule has 0 radical (unpaired) electrons. The van der Waals surface area contributed by atoms with Crippen molar-refractivity contribution < 1.29 is 17.9 Å². The SMILES string of the molecule is COc1ccccc1N1CCN(S(=O)(=O)c2ccc(NC(C)=O)c(C)c2)CC1. The number of benzene rings is 2. The predicted molar refractivity (Wildman–Crippen MR) is 109 cm³/mol. The van der Waals surface area contributed by atoms with Gasteiger partial charge in [0, 0.05) is 38.8 Å². The summed E-state index contributed by atoms with van der Waals surface area (Å²) in [6, 6.07) is 12.5. The van der Waals surface area contributed by atoms with E-state index < -0.39 is 10.0 Å². The number of nitrogens with one attached hydrogen (secondary N) is 1. The quantitative estimate of drug-likeness (QED) is 0.830. The van der Waals surface area contributed by atoms with Crippen molar-refractivity contribution >= 4 is 27.3 Å². The number of sulfonamides is 1. The van der Waals surface area contributed by atoms with E-state index in [1.165, 1.54) is 11.2 Å². The number of carbonyl (C=O) groups excluding carboxylic acids is 1. The molecule has 1 aliphatic rings. The molecule has 0 aromatic heterocycles. The van der Waals surface area contributed by atoms with Crippen LogP contribution in [0.5, 0.6) is 5.75 Å². The molecule has 1 saturated heterocycles. The van der Waals surface area contributed by atoms with Crippen molar-refractivity contribution in [1.29, 1.82) is 0 Å². The summed E-state index contributed by atoms with van der Waals surface area (Å²) in [4.78, 5) is 13.6. The lowest BCUT2D eigenvalue weighted by Gasteiger charge is -2.36. The van der Waals surface area contributed by atoms with E-state index in [4.69, 9.17) is 4.74 Å². The minimum atomic E-state index is -3.59. The van der Waals surface area contributed by atoms with Gasteiger partial charge in [-0.3, -0.25) is 4.79 Å². The van der Waals surface area contributed by atoms with Crippen LogP contribution in [-0.2, 0) is 14.8 Å². The Morgan fingerprint density at radius 2 is 1.75 bits per heavy atom. The number of nitrogens with zero attached hydrogens (tertiary/aromatic N) is 2. The van der Waals surface area contributed by atoms with Crippen LogP contribution in [0.4, 0.5) is 11.4 Å². The third-order valence-corrected chi connectivity index (χ3v) is 6.71. The van der Waals surface area contributed by atoms with Crippen LogP contribution >= 0.6 is 0 Å². The highest BCUT2D eigenvalue weighted by molar-refractivity contribution is 7.89. The van der Waals surface area contributed by atoms with Crippen LogP contribution in [0.25, 0.3) is 0 Å². The molecule has 3 rings (SSSR count). The van der Waals surface area contributed by atoms with Gasteiger partial charge in [-0.1, -0.05) is 12.1 Å². The van der Waals surface area contributed by atoms with Crippen LogP contribution in [0.2, 0.25) is 0 Å². The standard InChI is InChI=1S/C20H25N3O4S/c1-15-14-17(8-9-18(15)21-16(2)24)28(25,26)23-12-10-22(11-13-23)19-6-4-5-7-20(19)27-3/h4-9,14H,10-13H2,1-3H3,(H,21,24). The maximum absolute atomic E-state index is 13.0. The maximum atomic E-state index is 13.0. The third-order valence-electron chi connectivity index (χ3n) is 4.81. The Morgan fingerprint density at radius 1 is 1.07 bits per heavy atom. The van der Waals surface area contributed by atoms with E-state index in [1.54, 1.807) is 32.2 Å². The van der Waals surface area contributed by atoms with Crippen LogP contribution in [-0.4, -0.2) is 51.9 Å². The summed E-state index contributed by atoms with van der Waals surface area (Å²) in [5.41, 5.74) is 2.30. The fourth-order valence-electron chi connectivity index (χ4n) is 3.34. The van der Waals surface area contributed by atoms with Gasteiger partial charge in [0.2, 0.25) is 15.9 Å². The third kappa shape index (κ3) is 4.13. The number of para-hydroxylation sites is 2. The number of amides is 1. The molecule has 1 heterocycles. The van der Waals surface area contributed by atoms with Gasteiger partial charge in [-0.15, -0.1) is 0 Å². The molecule has 0 bridgehead atoms. The van der Waals surface area contributed by atoms with Crippen molar-refractivity contribution in [2.45, 2.75) is 18.7 Å². The summed E-state index contributed by atoms with van der Waals surface area (Å²) in [5.74, 6) is 0.592. The van der Waals surface area contributed by atoms with E-state index in [-0.39, 0.29) is 10.8 Å². The predicted octanol–water partition coefficient (Wildman–Crippen LogP) is 2.47. The second kappa shape index (κ2) is 8.20. The van der Waals surface area contributed by atoms with Crippen LogP contribution in [0.15, 0.2) is 47.4 Å². The van der Waals surface area contributed by atoms with Crippen molar-refractivity contribution in [3.8, 4) is 5.75 Å². The largest absolute Gasteiger partial charge is 0.495 e. The highest BCUT2D eigenvalue weighted by Gasteiger charge is 2.29. The van der Waals surface area contributed by atoms with E-state index in [9.17, 15) is 13.2 Å². The molecule has 1 amide bonds. The van der Waals surface area contributed by atoms with Crippen LogP contribution in [0.1, 0.15) is 12.5 Å². The maximum Gasteiger partial charge on any atom is 0.243 e. The molecule has 28 heavy (non-hydrogen) atoms. The Bertz CT molecular complexity index is 967. The molecule has 150 valence electrons. The van der Waals surface area contributed by atoms with Crippen LogP contribution in [0.3, 0.4) is 0 Å². The zero-order valence-electron chi connectivity index (χ0n) is 16.3. The smallest absolute Gasteiger partial charge is 0.243 e. The minimum Gasteiger partial charge on any atom is -0.495 e. The van der Waals surface area contributed by atoms with E-state index in [2.05, 4.69) is 10.2 Å². The van der Waals surface area contributed by atoms with Gasteiger partial charge in [0.25, 0.3) is 0 Å². The Labute approximate surface area is 166 Å². The first-order chi connectivity index (χ1) is 13.3. The molecular weight excluding hydrogens is 378 g/mol. The Balaban J connectivity index is 1.74. The number of rotatable bonds is 5. The van der Waals surface area contributed by atoms with Gasteiger partial charge in [0.05, 0.1) is 17.7 Å². The number of aryl methyl sites for hydroxylation is 1. The van der Waals surface area contributed by atoms with Crippen molar-refractivity contribution in [2.24, 2.45) is 0 Å². The number of piperazine rings is 1. The number of anilines is 2. The number of hydrogen-bond acceptors (Lipinski definition) is 5. The van der Waals surface area contributed by atoms with Gasteiger partial charge in [0.1, 0.15) is 5.75 Å². The molecule has 0 spiro atoms. The normalized spacial score (nSPS) is 15.3. The monoisotopic (exact) mass is 403 g/mol. The number of methoxy groups -OCH3 is 1. The van der Waals surface area contributed by atoms with Crippen molar-refractivity contribution in [1.82, 2.24) is 4.31 Å². The van der Waals surface area contributed by atoms with E-state index >= 15 is 0 Å². The van der Waals surface area contributed by atoms with Gasteiger partial charge in [-0.2, -0.15) is 4.31 Å². The van der Waals surface area contributed by atoms with Crippen LogP contribution < -0.4 is 15.0 Å². The van der Waals surface area contributed by atoms with Crippen molar-refractivity contribution in [2.75, 3.05) is 43.5 Å². The second-order valence-electron chi connectivity index (χ2n) is 6.72. The molecule has 7 nitrogen and oxygen atoms in total. The lowest BCUT2D eigenvalue weighted by molar-refractivity contribution is -0.114. The lowest BCUT2D eigenvalue weighted by Crippen LogP contribution is -2.48. The molecule has 0 aliphatic carbocycles. The number of hydrogen-bond donors (Lipinski definition) is 1. The molecule has 1 fully saturated rings. The topological polar surface area (TPSA) is 79.0 Å². The lowest BCUT2D eigenvalue weighted by atomic mass is 10.2. The molecular formula is C20H25N3O4S. The van der Waals surface area contributed by atoms with E-state index in [0.717, 1.165) is 11.4 Å². The summed E-state index contributed by atoms with van der Waals surface area (Å²) in [6.07, 6.45) is 0. The average molecular weight is 404 g/mol. The second-order valence-corrected chi connectivity index (χ2v) is 8.66.